The van der Waals surface area contributed by atoms with Gasteiger partial charge in [0.15, 0.2) is 5.76 Å². The van der Waals surface area contributed by atoms with Crippen LogP contribution in [0.3, 0.4) is 0 Å². The van der Waals surface area contributed by atoms with Gasteiger partial charge in [0.05, 0.1) is 12.1 Å². The average molecular weight is 430 g/mol. The average Bonchev–Trinajstić information content (AvgIpc) is 3.12. The Kier molecular flexibility index (Phi) is 6.36. The van der Waals surface area contributed by atoms with Crippen molar-refractivity contribution in [1.29, 1.82) is 0 Å². The smallest absolute Gasteiger partial charge is 0.291 e. The van der Waals surface area contributed by atoms with E-state index in [1.807, 2.05) is 36.0 Å². The predicted octanol–water partition coefficient (Wildman–Crippen LogP) is 6.91. The molecule has 152 valence electrons. The highest BCUT2D eigenvalue weighted by atomic mass is 35.5. The first-order valence-electron chi connectivity index (χ1n) is 9.92. The van der Waals surface area contributed by atoms with Gasteiger partial charge in [-0.2, -0.15) is 11.8 Å². The number of nitrogens with one attached hydrogen (secondary N) is 1. The van der Waals surface area contributed by atoms with Crippen LogP contribution in [0, 0.1) is 0 Å². The fourth-order valence-electron chi connectivity index (χ4n) is 3.79. The van der Waals surface area contributed by atoms with E-state index in [4.69, 9.17) is 20.8 Å². The van der Waals surface area contributed by atoms with Crippen LogP contribution in [0.5, 0.6) is 5.75 Å². The summed E-state index contributed by atoms with van der Waals surface area (Å²) < 4.78 is 11.1. The molecular formula is C23H24ClNO3S. The maximum Gasteiger partial charge on any atom is 0.291 e. The van der Waals surface area contributed by atoms with E-state index in [0.717, 1.165) is 22.3 Å². The Morgan fingerprint density at radius 2 is 2.00 bits per heavy atom. The molecule has 1 aliphatic rings. The largest absolute Gasteiger partial charge is 0.495 e. The van der Waals surface area contributed by atoms with Crippen molar-refractivity contribution in [1.82, 2.24) is 0 Å². The molecule has 2 aromatic carbocycles. The number of ether oxygens (including phenoxy) is 1. The van der Waals surface area contributed by atoms with Crippen molar-refractivity contribution in [3.8, 4) is 5.75 Å². The van der Waals surface area contributed by atoms with Crippen molar-refractivity contribution in [2.75, 3.05) is 12.4 Å². The molecule has 1 heterocycles. The van der Waals surface area contributed by atoms with Crippen molar-refractivity contribution in [3.05, 3.63) is 58.8 Å². The molecule has 1 aromatic heterocycles. The van der Waals surface area contributed by atoms with Crippen molar-refractivity contribution in [2.45, 2.75) is 43.1 Å². The first-order valence-corrected chi connectivity index (χ1v) is 11.4. The third-order valence-corrected chi connectivity index (χ3v) is 7.02. The van der Waals surface area contributed by atoms with Gasteiger partial charge in [0.25, 0.3) is 5.91 Å². The highest BCUT2D eigenvalue weighted by Crippen LogP contribution is 2.35. The number of para-hydroxylation sites is 1. The summed E-state index contributed by atoms with van der Waals surface area (Å²) in [5, 5.41) is 5.02. The van der Waals surface area contributed by atoms with Crippen molar-refractivity contribution in [2.24, 2.45) is 0 Å². The van der Waals surface area contributed by atoms with Crippen LogP contribution in [0.25, 0.3) is 11.0 Å². The van der Waals surface area contributed by atoms with Crippen molar-refractivity contribution < 1.29 is 13.9 Å². The highest BCUT2D eigenvalue weighted by molar-refractivity contribution is 7.99. The van der Waals surface area contributed by atoms with Crippen molar-refractivity contribution >= 4 is 45.9 Å². The molecule has 0 spiro atoms. The number of carbonyl (C=O) groups is 1. The first kappa shape index (κ1) is 20.2. The third-order valence-electron chi connectivity index (χ3n) is 5.33. The molecule has 4 rings (SSSR count). The fourth-order valence-corrected chi connectivity index (χ4v) is 5.40. The highest BCUT2D eigenvalue weighted by Gasteiger charge is 2.23. The number of furan rings is 1. The van der Waals surface area contributed by atoms with Crippen LogP contribution in [-0.4, -0.2) is 18.3 Å². The van der Waals surface area contributed by atoms with Gasteiger partial charge in [-0.1, -0.05) is 49.1 Å². The zero-order valence-electron chi connectivity index (χ0n) is 16.4. The zero-order valence-corrected chi connectivity index (χ0v) is 17.9. The van der Waals surface area contributed by atoms with Gasteiger partial charge in [-0.15, -0.1) is 0 Å². The van der Waals surface area contributed by atoms with E-state index in [9.17, 15) is 4.79 Å². The standard InChI is InChI=1S/C23H24ClNO3S/c1-27-21-12-11-15(13-19(21)24)25-23(26)22-18(14-29-16-7-3-2-4-8-16)17-9-5-6-10-20(17)28-22/h5-6,9-13,16H,2-4,7-8,14H2,1H3,(H,25,26). The van der Waals surface area contributed by atoms with E-state index in [1.165, 1.54) is 32.1 Å². The van der Waals surface area contributed by atoms with Crippen LogP contribution >= 0.6 is 23.4 Å². The molecule has 0 unspecified atom stereocenters. The van der Waals surface area contributed by atoms with Crippen LogP contribution in [0.15, 0.2) is 46.9 Å². The Labute approximate surface area is 179 Å². The normalized spacial score (nSPS) is 14.8. The number of amides is 1. The summed E-state index contributed by atoms with van der Waals surface area (Å²) >= 11 is 8.12. The van der Waals surface area contributed by atoms with E-state index in [0.29, 0.717) is 27.5 Å². The minimum atomic E-state index is -0.262. The molecule has 1 amide bonds. The molecule has 4 nitrogen and oxygen atoms in total. The number of methoxy groups -OCH3 is 1. The number of hydrogen-bond acceptors (Lipinski definition) is 4. The Balaban J connectivity index is 1.58. The molecule has 6 heteroatoms. The second kappa shape index (κ2) is 9.14. The molecule has 0 atom stereocenters. The summed E-state index contributed by atoms with van der Waals surface area (Å²) in [6.07, 6.45) is 6.45. The summed E-state index contributed by atoms with van der Waals surface area (Å²) in [5.74, 6) is 1.45. The lowest BCUT2D eigenvalue weighted by Crippen LogP contribution is -2.13. The number of halogens is 1. The van der Waals surface area contributed by atoms with Gasteiger partial charge in [0, 0.05) is 27.6 Å². The lowest BCUT2D eigenvalue weighted by molar-refractivity contribution is 0.0998. The molecule has 0 radical (unpaired) electrons. The summed E-state index contributed by atoms with van der Waals surface area (Å²) in [5.41, 5.74) is 2.31. The topological polar surface area (TPSA) is 51.5 Å². The number of carbonyl (C=O) groups excluding carboxylic acids is 1. The zero-order chi connectivity index (χ0) is 20.2. The van der Waals surface area contributed by atoms with Crippen LogP contribution < -0.4 is 10.1 Å². The van der Waals surface area contributed by atoms with E-state index >= 15 is 0 Å². The lowest BCUT2D eigenvalue weighted by atomic mass is 10.0. The number of thioether (sulfide) groups is 1. The third kappa shape index (κ3) is 4.57. The van der Waals surface area contributed by atoms with E-state index in [-0.39, 0.29) is 5.91 Å². The fraction of sp³-hybridized carbons (Fsp3) is 0.348. The number of anilines is 1. The van der Waals surface area contributed by atoms with Gasteiger partial charge >= 0.3 is 0 Å². The van der Waals surface area contributed by atoms with Gasteiger partial charge in [0.2, 0.25) is 0 Å². The molecule has 3 aromatic rings. The molecular weight excluding hydrogens is 406 g/mol. The lowest BCUT2D eigenvalue weighted by Gasteiger charge is -2.20. The van der Waals surface area contributed by atoms with E-state index in [1.54, 1.807) is 25.3 Å². The Hall–Kier alpha value is -2.11. The second-order valence-corrected chi connectivity index (χ2v) is 8.98. The number of benzene rings is 2. The maximum absolute atomic E-state index is 13.0. The van der Waals surface area contributed by atoms with Gasteiger partial charge in [0.1, 0.15) is 11.3 Å². The number of rotatable bonds is 6. The van der Waals surface area contributed by atoms with Gasteiger partial charge in [-0.3, -0.25) is 4.79 Å². The Morgan fingerprint density at radius 3 is 2.76 bits per heavy atom. The summed E-state index contributed by atoms with van der Waals surface area (Å²) in [6, 6.07) is 13.0. The molecule has 1 fully saturated rings. The minimum absolute atomic E-state index is 0.262. The van der Waals surface area contributed by atoms with Gasteiger partial charge in [-0.05, 0) is 37.1 Å². The molecule has 0 aliphatic heterocycles. The van der Waals surface area contributed by atoms with Crippen LogP contribution in [0.2, 0.25) is 5.02 Å². The molecule has 0 saturated heterocycles. The second-order valence-electron chi connectivity index (χ2n) is 7.28. The first-order chi connectivity index (χ1) is 14.2. The molecule has 29 heavy (non-hydrogen) atoms. The number of hydrogen-bond donors (Lipinski definition) is 1. The monoisotopic (exact) mass is 429 g/mol. The Bertz CT molecular complexity index is 1010. The van der Waals surface area contributed by atoms with Gasteiger partial charge < -0.3 is 14.5 Å². The minimum Gasteiger partial charge on any atom is -0.495 e. The quantitative estimate of drug-likeness (QED) is 0.462. The molecule has 1 aliphatic carbocycles. The number of fused-ring (bicyclic) bond motifs is 1. The van der Waals surface area contributed by atoms with Crippen LogP contribution in [0.4, 0.5) is 5.69 Å². The van der Waals surface area contributed by atoms with Gasteiger partial charge in [-0.25, -0.2) is 0 Å². The Morgan fingerprint density at radius 1 is 1.21 bits per heavy atom. The maximum atomic E-state index is 13.0. The summed E-state index contributed by atoms with van der Waals surface area (Å²) in [7, 11) is 1.56. The predicted molar refractivity (Wildman–Crippen MR) is 120 cm³/mol. The van der Waals surface area contributed by atoms with E-state index < -0.39 is 0 Å². The van der Waals surface area contributed by atoms with E-state index in [2.05, 4.69) is 5.32 Å². The van der Waals surface area contributed by atoms with Crippen LogP contribution in [0.1, 0.15) is 48.2 Å². The molecule has 1 saturated carbocycles. The summed E-state index contributed by atoms with van der Waals surface area (Å²) in [4.78, 5) is 13.0. The molecule has 0 bridgehead atoms. The van der Waals surface area contributed by atoms with Crippen LogP contribution in [-0.2, 0) is 5.75 Å². The molecule has 1 N–H and O–H groups in total. The van der Waals surface area contributed by atoms with Crippen molar-refractivity contribution in [3.63, 3.8) is 0 Å². The SMILES string of the molecule is COc1ccc(NC(=O)c2oc3ccccc3c2CSC2CCCCC2)cc1Cl. The summed E-state index contributed by atoms with van der Waals surface area (Å²) in [6.45, 7) is 0.